The Kier molecular flexibility index (Phi) is 1.85. The molecule has 0 saturated heterocycles. The van der Waals surface area contributed by atoms with Crippen molar-refractivity contribution in [2.45, 2.75) is 0 Å². The summed E-state index contributed by atoms with van der Waals surface area (Å²) in [4.78, 5) is 19.1. The normalized spacial score (nSPS) is 11.6. The molecular formula is C14H8N2OS. The Morgan fingerprint density at radius 3 is 2.83 bits per heavy atom. The molecule has 4 rings (SSSR count). The molecule has 0 aliphatic carbocycles. The van der Waals surface area contributed by atoms with Crippen LogP contribution in [-0.2, 0) is 0 Å². The Morgan fingerprint density at radius 2 is 1.89 bits per heavy atom. The molecule has 1 N–H and O–H groups in total. The van der Waals surface area contributed by atoms with Crippen LogP contribution in [0.3, 0.4) is 0 Å². The molecule has 0 bridgehead atoms. The quantitative estimate of drug-likeness (QED) is 0.522. The van der Waals surface area contributed by atoms with Crippen LogP contribution in [0.25, 0.3) is 31.2 Å². The number of benzene rings is 1. The molecule has 0 spiro atoms. The van der Waals surface area contributed by atoms with E-state index in [4.69, 9.17) is 0 Å². The van der Waals surface area contributed by atoms with Crippen LogP contribution in [0.4, 0.5) is 0 Å². The summed E-state index contributed by atoms with van der Waals surface area (Å²) in [5.41, 5.74) is 0.593. The zero-order valence-electron chi connectivity index (χ0n) is 9.31. The molecule has 86 valence electrons. The van der Waals surface area contributed by atoms with Gasteiger partial charge in [-0.1, -0.05) is 18.2 Å². The Bertz CT molecular complexity index is 952. The van der Waals surface area contributed by atoms with Crippen molar-refractivity contribution < 1.29 is 0 Å². The molecule has 0 aliphatic rings. The minimum atomic E-state index is -0.0580. The summed E-state index contributed by atoms with van der Waals surface area (Å²) in [5, 5.41) is 3.15. The molecule has 0 saturated carbocycles. The number of nitrogens with one attached hydrogen (secondary N) is 1. The predicted octanol–water partition coefficient (Wildman–Crippen LogP) is 3.29. The molecule has 3 nitrogen and oxygen atoms in total. The van der Waals surface area contributed by atoms with Crippen LogP contribution in [0.15, 0.2) is 47.4 Å². The zero-order chi connectivity index (χ0) is 12.1. The van der Waals surface area contributed by atoms with Crippen LogP contribution >= 0.6 is 11.3 Å². The number of nitrogens with zero attached hydrogens (tertiary/aromatic N) is 1. The number of thiophene rings is 1. The van der Waals surface area contributed by atoms with Gasteiger partial charge in [0.25, 0.3) is 5.56 Å². The van der Waals surface area contributed by atoms with Crippen molar-refractivity contribution in [1.29, 1.82) is 0 Å². The van der Waals surface area contributed by atoms with Crippen molar-refractivity contribution in [3.63, 3.8) is 0 Å². The van der Waals surface area contributed by atoms with Crippen molar-refractivity contribution in [2.24, 2.45) is 0 Å². The number of hydrogen-bond acceptors (Lipinski definition) is 3. The maximum absolute atomic E-state index is 12.1. The van der Waals surface area contributed by atoms with E-state index in [1.54, 1.807) is 6.20 Å². The fraction of sp³-hybridized carbons (Fsp3) is 0. The molecule has 3 heterocycles. The van der Waals surface area contributed by atoms with Crippen LogP contribution in [0, 0.1) is 0 Å². The lowest BCUT2D eigenvalue weighted by Crippen LogP contribution is -2.04. The Morgan fingerprint density at radius 1 is 1.06 bits per heavy atom. The second kappa shape index (κ2) is 3.40. The number of fused-ring (bicyclic) bond motifs is 5. The Hall–Kier alpha value is -2.20. The standard InChI is InChI=1S/C14H8N2OS/c17-14-12-11(8-4-1-2-6-10(8)18-12)9-5-3-7-15-13(9)16-14/h1-7H,(H,15,16,17). The van der Waals surface area contributed by atoms with Crippen LogP contribution in [0.1, 0.15) is 0 Å². The summed E-state index contributed by atoms with van der Waals surface area (Å²) in [6.45, 7) is 0. The number of aromatic amines is 1. The van der Waals surface area contributed by atoms with Gasteiger partial charge in [0, 0.05) is 27.1 Å². The first kappa shape index (κ1) is 9.79. The summed E-state index contributed by atoms with van der Waals surface area (Å²) in [7, 11) is 0. The molecule has 3 aromatic heterocycles. The highest BCUT2D eigenvalue weighted by Crippen LogP contribution is 2.34. The molecule has 0 unspecified atom stereocenters. The first-order valence-corrected chi connectivity index (χ1v) is 6.44. The van der Waals surface area contributed by atoms with E-state index in [1.807, 2.05) is 30.3 Å². The van der Waals surface area contributed by atoms with Gasteiger partial charge in [-0.15, -0.1) is 11.3 Å². The lowest BCUT2D eigenvalue weighted by molar-refractivity contribution is 1.26. The zero-order valence-corrected chi connectivity index (χ0v) is 10.1. The summed E-state index contributed by atoms with van der Waals surface area (Å²) in [5.74, 6) is 0. The maximum atomic E-state index is 12.1. The fourth-order valence-corrected chi connectivity index (χ4v) is 3.46. The molecule has 0 radical (unpaired) electrons. The smallest absolute Gasteiger partial charge is 0.267 e. The van der Waals surface area contributed by atoms with Gasteiger partial charge in [-0.3, -0.25) is 4.79 Å². The minimum Gasteiger partial charge on any atom is -0.305 e. The first-order valence-electron chi connectivity index (χ1n) is 5.63. The van der Waals surface area contributed by atoms with Gasteiger partial charge in [0.15, 0.2) is 0 Å². The van der Waals surface area contributed by atoms with E-state index in [-0.39, 0.29) is 5.56 Å². The average molecular weight is 252 g/mol. The van der Waals surface area contributed by atoms with Crippen molar-refractivity contribution in [3.8, 4) is 0 Å². The van der Waals surface area contributed by atoms with Gasteiger partial charge in [-0.05, 0) is 18.2 Å². The first-order chi connectivity index (χ1) is 8.84. The number of aromatic nitrogens is 2. The summed E-state index contributed by atoms with van der Waals surface area (Å²) < 4.78 is 1.91. The van der Waals surface area contributed by atoms with Crippen LogP contribution in [0.2, 0.25) is 0 Å². The van der Waals surface area contributed by atoms with E-state index in [2.05, 4.69) is 16.0 Å². The maximum Gasteiger partial charge on any atom is 0.267 e. The molecule has 0 amide bonds. The average Bonchev–Trinajstić information content (AvgIpc) is 2.79. The van der Waals surface area contributed by atoms with E-state index in [9.17, 15) is 4.79 Å². The van der Waals surface area contributed by atoms with Crippen LogP contribution in [-0.4, -0.2) is 9.97 Å². The van der Waals surface area contributed by atoms with Crippen LogP contribution in [0.5, 0.6) is 0 Å². The van der Waals surface area contributed by atoms with Gasteiger partial charge in [0.05, 0.1) is 0 Å². The molecule has 0 atom stereocenters. The molecule has 0 fully saturated rings. The predicted molar refractivity (Wildman–Crippen MR) is 75.3 cm³/mol. The van der Waals surface area contributed by atoms with E-state index in [0.29, 0.717) is 5.65 Å². The fourth-order valence-electron chi connectivity index (χ4n) is 2.34. The topological polar surface area (TPSA) is 45.8 Å². The Balaban J connectivity index is 2.45. The van der Waals surface area contributed by atoms with Gasteiger partial charge < -0.3 is 4.98 Å². The molecular weight excluding hydrogens is 244 g/mol. The van der Waals surface area contributed by atoms with Gasteiger partial charge >= 0.3 is 0 Å². The lowest BCUT2D eigenvalue weighted by Gasteiger charge is -1.98. The van der Waals surface area contributed by atoms with E-state index >= 15 is 0 Å². The number of H-pyrrole nitrogens is 1. The van der Waals surface area contributed by atoms with Gasteiger partial charge in [-0.25, -0.2) is 4.98 Å². The van der Waals surface area contributed by atoms with Gasteiger partial charge in [-0.2, -0.15) is 0 Å². The molecule has 4 aromatic rings. The van der Waals surface area contributed by atoms with Crippen molar-refractivity contribution in [1.82, 2.24) is 9.97 Å². The monoisotopic (exact) mass is 252 g/mol. The van der Waals surface area contributed by atoms with Crippen molar-refractivity contribution in [2.75, 3.05) is 0 Å². The van der Waals surface area contributed by atoms with E-state index < -0.39 is 0 Å². The SMILES string of the molecule is O=c1[nH]c2ncccc2c2c1sc1ccccc12. The summed E-state index contributed by atoms with van der Waals surface area (Å²) >= 11 is 1.53. The highest BCUT2D eigenvalue weighted by atomic mass is 32.1. The highest BCUT2D eigenvalue weighted by molar-refractivity contribution is 7.25. The van der Waals surface area contributed by atoms with E-state index in [1.165, 1.54) is 11.3 Å². The number of rotatable bonds is 0. The summed E-state index contributed by atoms with van der Waals surface area (Å²) in [6.07, 6.45) is 1.69. The molecule has 0 aliphatic heterocycles. The minimum absolute atomic E-state index is 0.0580. The third-order valence-electron chi connectivity index (χ3n) is 3.11. The lowest BCUT2D eigenvalue weighted by atomic mass is 10.1. The Labute approximate surface area is 106 Å². The summed E-state index contributed by atoms with van der Waals surface area (Å²) in [6, 6.07) is 12.0. The third kappa shape index (κ3) is 1.18. The van der Waals surface area contributed by atoms with Crippen molar-refractivity contribution >= 4 is 42.5 Å². The molecule has 1 aromatic carbocycles. The van der Waals surface area contributed by atoms with Crippen molar-refractivity contribution in [3.05, 3.63) is 52.9 Å². The number of hydrogen-bond donors (Lipinski definition) is 1. The van der Waals surface area contributed by atoms with Crippen LogP contribution < -0.4 is 5.56 Å². The third-order valence-corrected chi connectivity index (χ3v) is 4.28. The molecule has 18 heavy (non-hydrogen) atoms. The van der Waals surface area contributed by atoms with Gasteiger partial charge in [0.2, 0.25) is 0 Å². The second-order valence-electron chi connectivity index (χ2n) is 4.16. The van der Waals surface area contributed by atoms with E-state index in [0.717, 1.165) is 25.6 Å². The largest absolute Gasteiger partial charge is 0.305 e. The molecule has 4 heteroatoms. The highest BCUT2D eigenvalue weighted by Gasteiger charge is 2.11. The van der Waals surface area contributed by atoms with Gasteiger partial charge in [0.1, 0.15) is 10.3 Å². The number of pyridine rings is 2. The second-order valence-corrected chi connectivity index (χ2v) is 5.21.